The highest BCUT2D eigenvalue weighted by Crippen LogP contribution is 2.27. The van der Waals surface area contributed by atoms with Crippen LogP contribution in [0, 0.1) is 6.92 Å². The third-order valence-electron chi connectivity index (χ3n) is 3.45. The predicted molar refractivity (Wildman–Crippen MR) is 87.0 cm³/mol. The molecule has 1 aromatic heterocycles. The zero-order valence-electron chi connectivity index (χ0n) is 12.9. The van der Waals surface area contributed by atoms with Gasteiger partial charge in [-0.25, -0.2) is 4.98 Å². The monoisotopic (exact) mass is 283 g/mol. The van der Waals surface area contributed by atoms with Crippen molar-refractivity contribution in [3.8, 4) is 0 Å². The minimum Gasteiger partial charge on any atom is -0.387 e. The number of amides is 1. The Morgan fingerprint density at radius 1 is 1.19 bits per heavy atom. The zero-order valence-corrected chi connectivity index (χ0v) is 12.9. The number of anilines is 2. The molecule has 0 spiro atoms. The van der Waals surface area contributed by atoms with E-state index in [0.29, 0.717) is 11.6 Å². The molecule has 4 heteroatoms. The Bertz CT molecular complexity index is 633. The van der Waals surface area contributed by atoms with Gasteiger partial charge in [-0.15, -0.1) is 0 Å². The van der Waals surface area contributed by atoms with E-state index in [2.05, 4.69) is 29.5 Å². The van der Waals surface area contributed by atoms with Gasteiger partial charge in [-0.3, -0.25) is 4.79 Å². The molecule has 21 heavy (non-hydrogen) atoms. The van der Waals surface area contributed by atoms with Gasteiger partial charge in [-0.1, -0.05) is 32.0 Å². The number of carbonyl (C=O) groups is 1. The van der Waals surface area contributed by atoms with E-state index >= 15 is 0 Å². The number of hydrogen-bond acceptors (Lipinski definition) is 3. The van der Waals surface area contributed by atoms with Crippen LogP contribution in [-0.2, 0) is 0 Å². The second-order valence-electron chi connectivity index (χ2n) is 5.33. The summed E-state index contributed by atoms with van der Waals surface area (Å²) in [5.74, 6) is 0.161. The van der Waals surface area contributed by atoms with Gasteiger partial charge in [0.2, 0.25) is 0 Å². The van der Waals surface area contributed by atoms with Gasteiger partial charge < -0.3 is 10.6 Å². The van der Waals surface area contributed by atoms with Gasteiger partial charge in [-0.05, 0) is 36.1 Å². The van der Waals surface area contributed by atoms with Crippen LogP contribution in [0.25, 0.3) is 0 Å². The third kappa shape index (κ3) is 3.40. The van der Waals surface area contributed by atoms with Gasteiger partial charge in [0.25, 0.3) is 5.91 Å². The molecule has 0 aliphatic carbocycles. The van der Waals surface area contributed by atoms with Crippen molar-refractivity contribution in [2.75, 3.05) is 17.7 Å². The number of aromatic nitrogens is 1. The number of carbonyl (C=O) groups excluding carboxylic acids is 1. The number of benzene rings is 1. The molecule has 0 bridgehead atoms. The maximum absolute atomic E-state index is 12.3. The number of hydrogen-bond donors (Lipinski definition) is 2. The van der Waals surface area contributed by atoms with Crippen LogP contribution < -0.4 is 10.6 Å². The molecule has 0 fully saturated rings. The summed E-state index contributed by atoms with van der Waals surface area (Å²) in [4.78, 5) is 16.5. The summed E-state index contributed by atoms with van der Waals surface area (Å²) < 4.78 is 0. The quantitative estimate of drug-likeness (QED) is 0.897. The Morgan fingerprint density at radius 3 is 2.52 bits per heavy atom. The minimum atomic E-state index is -0.186. The predicted octanol–water partition coefficient (Wildman–Crippen LogP) is 3.81. The van der Waals surface area contributed by atoms with E-state index in [9.17, 15) is 4.79 Å². The molecule has 110 valence electrons. The van der Waals surface area contributed by atoms with Gasteiger partial charge in [0.15, 0.2) is 0 Å². The molecule has 2 N–H and O–H groups in total. The van der Waals surface area contributed by atoms with Crippen molar-refractivity contribution >= 4 is 17.3 Å². The molecule has 0 radical (unpaired) electrons. The maximum Gasteiger partial charge on any atom is 0.274 e. The number of rotatable bonds is 4. The van der Waals surface area contributed by atoms with Gasteiger partial charge >= 0.3 is 0 Å². The first kappa shape index (κ1) is 15.0. The Hall–Kier alpha value is -2.36. The van der Waals surface area contributed by atoms with Crippen molar-refractivity contribution in [3.63, 3.8) is 0 Å². The largest absolute Gasteiger partial charge is 0.387 e. The van der Waals surface area contributed by atoms with Crippen LogP contribution >= 0.6 is 0 Å². The van der Waals surface area contributed by atoms with Crippen LogP contribution in [0.2, 0.25) is 0 Å². The van der Waals surface area contributed by atoms with E-state index in [4.69, 9.17) is 0 Å². The molecule has 1 amide bonds. The smallest absolute Gasteiger partial charge is 0.274 e. The molecule has 1 heterocycles. The number of nitrogens with one attached hydrogen (secondary N) is 2. The highest BCUT2D eigenvalue weighted by Gasteiger charge is 2.14. The summed E-state index contributed by atoms with van der Waals surface area (Å²) in [6, 6.07) is 9.61. The normalized spacial score (nSPS) is 10.5. The van der Waals surface area contributed by atoms with Crippen LogP contribution in [0.3, 0.4) is 0 Å². The molecular formula is C17H21N3O. The molecule has 0 aliphatic heterocycles. The summed E-state index contributed by atoms with van der Waals surface area (Å²) in [6.45, 7) is 6.23. The maximum atomic E-state index is 12.3. The highest BCUT2D eigenvalue weighted by molar-refractivity contribution is 6.03. The fourth-order valence-electron chi connectivity index (χ4n) is 2.20. The van der Waals surface area contributed by atoms with Crippen molar-refractivity contribution in [1.82, 2.24) is 4.98 Å². The Balaban J connectivity index is 2.26. The lowest BCUT2D eigenvalue weighted by atomic mass is 9.98. The van der Waals surface area contributed by atoms with Crippen molar-refractivity contribution in [2.24, 2.45) is 0 Å². The van der Waals surface area contributed by atoms with E-state index in [1.807, 2.05) is 38.2 Å². The van der Waals surface area contributed by atoms with E-state index in [-0.39, 0.29) is 5.91 Å². The van der Waals surface area contributed by atoms with Crippen LogP contribution in [-0.4, -0.2) is 17.9 Å². The first-order chi connectivity index (χ1) is 10.0. The second-order valence-corrected chi connectivity index (χ2v) is 5.33. The molecule has 0 unspecified atom stereocenters. The Kier molecular flexibility index (Phi) is 4.58. The minimum absolute atomic E-state index is 0.186. The SMILES string of the molecule is CNc1ccc(C(=O)Nc2c(C)cccc2C(C)C)nc1. The fraction of sp³-hybridized carbons (Fsp3) is 0.294. The third-order valence-corrected chi connectivity index (χ3v) is 3.45. The second kappa shape index (κ2) is 6.39. The molecule has 2 rings (SSSR count). The molecular weight excluding hydrogens is 262 g/mol. The van der Waals surface area contributed by atoms with Gasteiger partial charge in [0.1, 0.15) is 5.69 Å². The van der Waals surface area contributed by atoms with Gasteiger partial charge in [0, 0.05) is 12.7 Å². The van der Waals surface area contributed by atoms with Crippen LogP contribution in [0.1, 0.15) is 41.4 Å². The molecule has 0 atom stereocenters. The van der Waals surface area contributed by atoms with Crippen LogP contribution in [0.5, 0.6) is 0 Å². The standard InChI is InChI=1S/C17H21N3O/c1-11(2)14-7-5-6-12(3)16(14)20-17(21)15-9-8-13(18-4)10-19-15/h5-11,18H,1-4H3,(H,20,21). The number of aryl methyl sites for hydroxylation is 1. The van der Waals surface area contributed by atoms with E-state index in [1.165, 1.54) is 0 Å². The van der Waals surface area contributed by atoms with Crippen molar-refractivity contribution in [2.45, 2.75) is 26.7 Å². The summed E-state index contributed by atoms with van der Waals surface area (Å²) in [5.41, 5.74) is 4.37. The van der Waals surface area contributed by atoms with Crippen molar-refractivity contribution in [3.05, 3.63) is 53.3 Å². The van der Waals surface area contributed by atoms with Crippen LogP contribution in [0.4, 0.5) is 11.4 Å². The molecule has 2 aromatic rings. The lowest BCUT2D eigenvalue weighted by molar-refractivity contribution is 0.102. The summed E-state index contributed by atoms with van der Waals surface area (Å²) in [6.07, 6.45) is 1.65. The average Bonchev–Trinajstić information content (AvgIpc) is 2.49. The molecule has 1 aromatic carbocycles. The van der Waals surface area contributed by atoms with Gasteiger partial charge in [-0.2, -0.15) is 0 Å². The Labute approximate surface area is 125 Å². The Morgan fingerprint density at radius 2 is 1.95 bits per heavy atom. The summed E-state index contributed by atoms with van der Waals surface area (Å²) in [7, 11) is 1.82. The van der Waals surface area contributed by atoms with Crippen LogP contribution in [0.15, 0.2) is 36.5 Å². The average molecular weight is 283 g/mol. The van der Waals surface area contributed by atoms with E-state index in [0.717, 1.165) is 22.5 Å². The lowest BCUT2D eigenvalue weighted by Crippen LogP contribution is -2.16. The molecule has 0 saturated heterocycles. The first-order valence-corrected chi connectivity index (χ1v) is 7.07. The number of nitrogens with zero attached hydrogens (tertiary/aromatic N) is 1. The topological polar surface area (TPSA) is 54.0 Å². The zero-order chi connectivity index (χ0) is 15.4. The fourth-order valence-corrected chi connectivity index (χ4v) is 2.20. The number of para-hydroxylation sites is 1. The van der Waals surface area contributed by atoms with E-state index < -0.39 is 0 Å². The van der Waals surface area contributed by atoms with Crippen molar-refractivity contribution < 1.29 is 4.79 Å². The molecule has 4 nitrogen and oxygen atoms in total. The van der Waals surface area contributed by atoms with E-state index in [1.54, 1.807) is 12.3 Å². The molecule has 0 saturated carbocycles. The summed E-state index contributed by atoms with van der Waals surface area (Å²) in [5, 5.41) is 5.97. The first-order valence-electron chi connectivity index (χ1n) is 7.07. The van der Waals surface area contributed by atoms with Gasteiger partial charge in [0.05, 0.1) is 11.9 Å². The molecule has 0 aliphatic rings. The van der Waals surface area contributed by atoms with Crippen molar-refractivity contribution in [1.29, 1.82) is 0 Å². The lowest BCUT2D eigenvalue weighted by Gasteiger charge is -2.16. The highest BCUT2D eigenvalue weighted by atomic mass is 16.1. The summed E-state index contributed by atoms with van der Waals surface area (Å²) >= 11 is 0. The number of pyridine rings is 1.